The molecule has 0 bridgehead atoms. The van der Waals surface area contributed by atoms with Gasteiger partial charge < -0.3 is 0 Å². The third-order valence-electron chi connectivity index (χ3n) is 7.66. The lowest BCUT2D eigenvalue weighted by molar-refractivity contribution is -0.121. The first-order chi connectivity index (χ1) is 16.9. The molecular formula is C32H36O3. The Morgan fingerprint density at radius 3 is 2.51 bits per heavy atom. The fraction of sp³-hybridized carbons (Fsp3) is 0.406. The summed E-state index contributed by atoms with van der Waals surface area (Å²) in [6.07, 6.45) is 21.1. The summed E-state index contributed by atoms with van der Waals surface area (Å²) >= 11 is 0. The van der Waals surface area contributed by atoms with E-state index in [1.54, 1.807) is 6.08 Å². The maximum absolute atomic E-state index is 13.8. The van der Waals surface area contributed by atoms with Crippen molar-refractivity contribution in [2.45, 2.75) is 65.7 Å². The van der Waals surface area contributed by atoms with Gasteiger partial charge in [-0.25, -0.2) is 0 Å². The Labute approximate surface area is 209 Å². The normalized spacial score (nSPS) is 19.6. The summed E-state index contributed by atoms with van der Waals surface area (Å²) in [5.74, 6) is 0.665. The van der Waals surface area contributed by atoms with Crippen LogP contribution in [0.1, 0.15) is 75.1 Å². The molecule has 1 aromatic carbocycles. The summed E-state index contributed by atoms with van der Waals surface area (Å²) in [4.78, 5) is 37.9. The van der Waals surface area contributed by atoms with Crippen molar-refractivity contribution in [2.75, 3.05) is 0 Å². The molecule has 35 heavy (non-hydrogen) atoms. The van der Waals surface area contributed by atoms with Gasteiger partial charge in [-0.2, -0.15) is 0 Å². The van der Waals surface area contributed by atoms with Crippen molar-refractivity contribution in [1.29, 1.82) is 0 Å². The zero-order chi connectivity index (χ0) is 24.9. The van der Waals surface area contributed by atoms with Crippen molar-refractivity contribution >= 4 is 29.0 Å². The molecule has 0 N–H and O–H groups in total. The van der Waals surface area contributed by atoms with E-state index in [9.17, 15) is 14.4 Å². The van der Waals surface area contributed by atoms with Gasteiger partial charge in [0.05, 0.1) is 0 Å². The van der Waals surface area contributed by atoms with Crippen LogP contribution in [-0.2, 0) is 27.2 Å². The second kappa shape index (κ2) is 11.1. The van der Waals surface area contributed by atoms with Crippen molar-refractivity contribution in [2.24, 2.45) is 17.8 Å². The Hall–Kier alpha value is -3.07. The zero-order valence-electron chi connectivity index (χ0n) is 21.2. The number of aryl methyl sites for hydroxylation is 1. The van der Waals surface area contributed by atoms with Gasteiger partial charge in [0, 0.05) is 36.7 Å². The quantitative estimate of drug-likeness (QED) is 0.358. The molecule has 0 fully saturated rings. The van der Waals surface area contributed by atoms with E-state index in [1.807, 2.05) is 26.0 Å². The van der Waals surface area contributed by atoms with Gasteiger partial charge in [0.1, 0.15) is 5.78 Å². The maximum Gasteiger partial charge on any atom is 0.162 e. The minimum atomic E-state index is -0.133. The van der Waals surface area contributed by atoms with Crippen LogP contribution >= 0.6 is 0 Å². The highest BCUT2D eigenvalue weighted by Gasteiger charge is 2.29. The predicted octanol–water partition coefficient (Wildman–Crippen LogP) is 6.81. The highest BCUT2D eigenvalue weighted by molar-refractivity contribution is 6.05. The molecule has 0 amide bonds. The van der Waals surface area contributed by atoms with Gasteiger partial charge in [-0.1, -0.05) is 69.4 Å². The molecule has 3 aliphatic carbocycles. The number of benzene rings is 1. The van der Waals surface area contributed by atoms with Crippen LogP contribution in [0.5, 0.6) is 0 Å². The van der Waals surface area contributed by atoms with E-state index in [-0.39, 0.29) is 29.2 Å². The van der Waals surface area contributed by atoms with Crippen molar-refractivity contribution in [1.82, 2.24) is 0 Å². The highest BCUT2D eigenvalue weighted by Crippen LogP contribution is 2.38. The van der Waals surface area contributed by atoms with Crippen LogP contribution in [0.15, 0.2) is 60.2 Å². The molecule has 0 spiro atoms. The molecule has 2 atom stereocenters. The van der Waals surface area contributed by atoms with Crippen LogP contribution in [0.4, 0.5) is 0 Å². The molecule has 0 radical (unpaired) electrons. The van der Waals surface area contributed by atoms with Crippen LogP contribution in [0, 0.1) is 17.8 Å². The summed E-state index contributed by atoms with van der Waals surface area (Å²) in [6, 6.07) is 4.30. The van der Waals surface area contributed by atoms with E-state index < -0.39 is 0 Å². The van der Waals surface area contributed by atoms with Gasteiger partial charge in [-0.15, -0.1) is 0 Å². The van der Waals surface area contributed by atoms with Crippen LogP contribution in [0.2, 0.25) is 0 Å². The highest BCUT2D eigenvalue weighted by atomic mass is 16.1. The average molecular weight is 469 g/mol. The third-order valence-corrected chi connectivity index (χ3v) is 7.66. The zero-order valence-corrected chi connectivity index (χ0v) is 21.2. The van der Waals surface area contributed by atoms with Crippen molar-refractivity contribution in [3.05, 3.63) is 82.5 Å². The Morgan fingerprint density at radius 1 is 1.06 bits per heavy atom. The summed E-state index contributed by atoms with van der Waals surface area (Å²) in [7, 11) is 0. The van der Waals surface area contributed by atoms with Gasteiger partial charge in [0.15, 0.2) is 11.6 Å². The maximum atomic E-state index is 13.8. The van der Waals surface area contributed by atoms with Gasteiger partial charge in [-0.05, 0) is 71.6 Å². The van der Waals surface area contributed by atoms with Crippen molar-refractivity contribution < 1.29 is 14.4 Å². The van der Waals surface area contributed by atoms with Gasteiger partial charge in [0.2, 0.25) is 0 Å². The van der Waals surface area contributed by atoms with E-state index in [0.717, 1.165) is 41.5 Å². The number of carbonyl (C=O) groups excluding carboxylic acids is 3. The van der Waals surface area contributed by atoms with Crippen LogP contribution in [0.3, 0.4) is 0 Å². The molecule has 0 saturated carbocycles. The molecule has 182 valence electrons. The lowest BCUT2D eigenvalue weighted by Gasteiger charge is -2.18. The summed E-state index contributed by atoms with van der Waals surface area (Å²) < 4.78 is 0. The SMILES string of the molecule is CCC(=O)CCC(CCC1C=CC=C1)C(=O)C1=Cc2c(CC)ccc(C3=CC(C)C(=O)C=C3)c2C1. The van der Waals surface area contributed by atoms with Crippen LogP contribution < -0.4 is 0 Å². The van der Waals surface area contributed by atoms with Crippen LogP contribution in [0.25, 0.3) is 11.6 Å². The van der Waals surface area contributed by atoms with E-state index in [0.29, 0.717) is 31.6 Å². The first kappa shape index (κ1) is 25.0. The fourth-order valence-electron chi connectivity index (χ4n) is 5.39. The smallest absolute Gasteiger partial charge is 0.162 e. The largest absolute Gasteiger partial charge is 0.300 e. The summed E-state index contributed by atoms with van der Waals surface area (Å²) in [6.45, 7) is 5.96. The molecule has 0 aliphatic heterocycles. The first-order valence-electron chi connectivity index (χ1n) is 13.1. The molecular weight excluding hydrogens is 432 g/mol. The van der Waals surface area contributed by atoms with E-state index in [4.69, 9.17) is 0 Å². The third kappa shape index (κ3) is 5.61. The topological polar surface area (TPSA) is 51.2 Å². The molecule has 3 nitrogen and oxygen atoms in total. The number of allylic oxidation sites excluding steroid dienone is 9. The molecule has 3 aliphatic rings. The van der Waals surface area contributed by atoms with Gasteiger partial charge in [0.25, 0.3) is 0 Å². The van der Waals surface area contributed by atoms with Gasteiger partial charge in [-0.3, -0.25) is 14.4 Å². The molecule has 0 heterocycles. The number of rotatable bonds is 11. The van der Waals surface area contributed by atoms with Crippen molar-refractivity contribution in [3.63, 3.8) is 0 Å². The van der Waals surface area contributed by atoms with Crippen LogP contribution in [-0.4, -0.2) is 17.3 Å². The number of hydrogen-bond acceptors (Lipinski definition) is 3. The first-order valence-corrected chi connectivity index (χ1v) is 13.1. The monoisotopic (exact) mass is 468 g/mol. The summed E-state index contributed by atoms with van der Waals surface area (Å²) in [5, 5.41) is 0. The fourth-order valence-corrected chi connectivity index (χ4v) is 5.39. The Balaban J connectivity index is 1.59. The van der Waals surface area contributed by atoms with Gasteiger partial charge >= 0.3 is 0 Å². The number of Topliss-reactive ketones (excluding diaryl/α,β-unsaturated/α-hetero) is 2. The second-order valence-corrected chi connectivity index (χ2v) is 10.0. The lowest BCUT2D eigenvalue weighted by Crippen LogP contribution is -2.19. The van der Waals surface area contributed by atoms with E-state index in [1.165, 1.54) is 11.1 Å². The number of fused-ring (bicyclic) bond motifs is 1. The minimum Gasteiger partial charge on any atom is -0.300 e. The number of hydrogen-bond donors (Lipinski definition) is 0. The van der Waals surface area contributed by atoms with E-state index in [2.05, 4.69) is 49.4 Å². The second-order valence-electron chi connectivity index (χ2n) is 10.0. The van der Waals surface area contributed by atoms with Crippen molar-refractivity contribution in [3.8, 4) is 0 Å². The predicted molar refractivity (Wildman–Crippen MR) is 143 cm³/mol. The number of ketones is 3. The molecule has 3 heteroatoms. The Bertz CT molecular complexity index is 1160. The molecule has 0 saturated heterocycles. The minimum absolute atomic E-state index is 0.126. The molecule has 2 unspecified atom stereocenters. The number of carbonyl (C=O) groups is 3. The molecule has 4 rings (SSSR count). The lowest BCUT2D eigenvalue weighted by atomic mass is 9.84. The standard InChI is InChI=1S/C32H36O3/c1-4-23-13-16-28(25-14-17-31(34)21(3)18-25)30-20-26(19-29(23)30)32(35)24(12-15-27(33)5-2)11-10-22-8-6-7-9-22/h6-9,13-14,16-19,21-22,24H,4-5,10-12,15,20H2,1-3H3. The van der Waals surface area contributed by atoms with E-state index >= 15 is 0 Å². The summed E-state index contributed by atoms with van der Waals surface area (Å²) in [5.41, 5.74) is 6.63. The molecule has 1 aromatic rings. The average Bonchev–Trinajstić information content (AvgIpc) is 3.55. The Morgan fingerprint density at radius 2 is 1.83 bits per heavy atom. The molecule has 0 aromatic heterocycles. The Kier molecular flexibility index (Phi) is 7.95.